The van der Waals surface area contributed by atoms with Gasteiger partial charge < -0.3 is 5.73 Å². The summed E-state index contributed by atoms with van der Waals surface area (Å²) < 4.78 is 35.9. The van der Waals surface area contributed by atoms with Crippen LogP contribution in [0.4, 0.5) is 13.2 Å². The number of hydrogen-bond donors (Lipinski definition) is 1. The first-order valence-electron chi connectivity index (χ1n) is 3.56. The van der Waals surface area contributed by atoms with E-state index in [1.807, 2.05) is 0 Å². The molecule has 0 saturated heterocycles. The predicted molar refractivity (Wildman–Crippen MR) is 54.1 cm³/mol. The summed E-state index contributed by atoms with van der Waals surface area (Å²) >= 11 is 0. The Kier molecular flexibility index (Phi) is 6.84. The quantitative estimate of drug-likeness (QED) is 0.847. The fraction of sp³-hybridized carbons (Fsp3) is 0.429. The lowest BCUT2D eigenvalue weighted by Gasteiger charge is -2.06. The van der Waals surface area contributed by atoms with Crippen molar-refractivity contribution in [2.45, 2.75) is 19.1 Å². The van der Waals surface area contributed by atoms with Crippen LogP contribution in [0.25, 0.3) is 0 Å². The van der Waals surface area contributed by atoms with E-state index in [2.05, 4.69) is 9.97 Å². The zero-order chi connectivity index (χ0) is 10.1. The molecule has 0 amide bonds. The maximum atomic E-state index is 12.0. The van der Waals surface area contributed by atoms with Crippen LogP contribution in [0.1, 0.15) is 24.4 Å². The van der Waals surface area contributed by atoms with Gasteiger partial charge in [0.1, 0.15) is 0 Å². The SMILES string of the molecule is C[C@@H](N)c1cnc(C(F)(F)F)nc1.Cl.Cl. The second-order valence-electron chi connectivity index (χ2n) is 2.63. The number of nitrogens with two attached hydrogens (primary N) is 1. The minimum absolute atomic E-state index is 0. The lowest BCUT2D eigenvalue weighted by atomic mass is 10.2. The third kappa shape index (κ3) is 4.63. The highest BCUT2D eigenvalue weighted by atomic mass is 35.5. The van der Waals surface area contributed by atoms with Crippen LogP contribution < -0.4 is 5.73 Å². The van der Waals surface area contributed by atoms with Gasteiger partial charge in [0.05, 0.1) is 0 Å². The van der Waals surface area contributed by atoms with E-state index in [0.717, 1.165) is 12.4 Å². The molecule has 0 saturated carbocycles. The van der Waals surface area contributed by atoms with Crippen LogP contribution in [0.2, 0.25) is 0 Å². The summed E-state index contributed by atoms with van der Waals surface area (Å²) in [6.07, 6.45) is -2.32. The van der Waals surface area contributed by atoms with Crippen molar-refractivity contribution in [3.05, 3.63) is 23.8 Å². The predicted octanol–water partition coefficient (Wildman–Crippen LogP) is 2.36. The summed E-state index contributed by atoms with van der Waals surface area (Å²) in [6, 6.07) is -0.359. The molecule has 0 aliphatic heterocycles. The second kappa shape index (κ2) is 6.09. The Morgan fingerprint density at radius 1 is 1.20 bits per heavy atom. The summed E-state index contributed by atoms with van der Waals surface area (Å²) in [5.41, 5.74) is 5.89. The van der Waals surface area contributed by atoms with Crippen molar-refractivity contribution in [2.75, 3.05) is 0 Å². The molecular weight excluding hydrogens is 254 g/mol. The van der Waals surface area contributed by atoms with Crippen LogP contribution >= 0.6 is 24.8 Å². The van der Waals surface area contributed by atoms with E-state index in [0.29, 0.717) is 5.56 Å². The Morgan fingerprint density at radius 3 is 1.87 bits per heavy atom. The normalized spacial score (nSPS) is 12.3. The summed E-state index contributed by atoms with van der Waals surface area (Å²) in [7, 11) is 0. The molecule has 0 spiro atoms. The zero-order valence-electron chi connectivity index (χ0n) is 7.65. The van der Waals surface area contributed by atoms with Crippen molar-refractivity contribution in [1.82, 2.24) is 9.97 Å². The van der Waals surface area contributed by atoms with Crippen LogP contribution in [0.5, 0.6) is 0 Å². The highest BCUT2D eigenvalue weighted by molar-refractivity contribution is 5.85. The molecular formula is C7H10Cl2F3N3. The van der Waals surface area contributed by atoms with Crippen LogP contribution in [0.3, 0.4) is 0 Å². The minimum atomic E-state index is -4.49. The number of aromatic nitrogens is 2. The second-order valence-corrected chi connectivity index (χ2v) is 2.63. The largest absolute Gasteiger partial charge is 0.451 e. The first-order valence-corrected chi connectivity index (χ1v) is 3.56. The van der Waals surface area contributed by atoms with Gasteiger partial charge >= 0.3 is 6.18 Å². The van der Waals surface area contributed by atoms with E-state index in [4.69, 9.17) is 5.73 Å². The molecule has 1 heterocycles. The number of nitrogens with zero attached hydrogens (tertiary/aromatic N) is 2. The van der Waals surface area contributed by atoms with Crippen LogP contribution in [-0.2, 0) is 6.18 Å². The van der Waals surface area contributed by atoms with Crippen molar-refractivity contribution in [3.63, 3.8) is 0 Å². The van der Waals surface area contributed by atoms with Gasteiger partial charge in [0.25, 0.3) is 0 Å². The van der Waals surface area contributed by atoms with E-state index < -0.39 is 12.0 Å². The number of hydrogen-bond acceptors (Lipinski definition) is 3. The van der Waals surface area contributed by atoms with Crippen LogP contribution in [0, 0.1) is 0 Å². The van der Waals surface area contributed by atoms with Gasteiger partial charge in [-0.25, -0.2) is 9.97 Å². The Bertz CT molecular complexity index is 287. The molecule has 0 bridgehead atoms. The molecule has 1 atom stereocenters. The molecule has 3 nitrogen and oxygen atoms in total. The smallest absolute Gasteiger partial charge is 0.324 e. The van der Waals surface area contributed by atoms with E-state index in [1.165, 1.54) is 0 Å². The van der Waals surface area contributed by atoms with Gasteiger partial charge in [-0.1, -0.05) is 0 Å². The molecule has 15 heavy (non-hydrogen) atoms. The molecule has 1 aromatic heterocycles. The fourth-order valence-corrected chi connectivity index (χ4v) is 0.720. The van der Waals surface area contributed by atoms with E-state index >= 15 is 0 Å². The Balaban J connectivity index is 0. The van der Waals surface area contributed by atoms with Gasteiger partial charge in [0.2, 0.25) is 5.82 Å². The van der Waals surface area contributed by atoms with Crippen molar-refractivity contribution >= 4 is 24.8 Å². The maximum absolute atomic E-state index is 12.0. The first kappa shape index (κ1) is 16.8. The molecule has 2 N–H and O–H groups in total. The summed E-state index contributed by atoms with van der Waals surface area (Å²) in [5.74, 6) is -1.14. The molecule has 1 aromatic rings. The molecule has 0 aliphatic rings. The highest BCUT2D eigenvalue weighted by Gasteiger charge is 2.34. The number of halogens is 5. The molecule has 1 rings (SSSR count). The lowest BCUT2D eigenvalue weighted by molar-refractivity contribution is -0.145. The van der Waals surface area contributed by atoms with E-state index in [-0.39, 0.29) is 30.9 Å². The van der Waals surface area contributed by atoms with Crippen molar-refractivity contribution in [1.29, 1.82) is 0 Å². The number of rotatable bonds is 1. The van der Waals surface area contributed by atoms with E-state index in [9.17, 15) is 13.2 Å². The van der Waals surface area contributed by atoms with Crippen LogP contribution in [0.15, 0.2) is 12.4 Å². The van der Waals surface area contributed by atoms with Gasteiger partial charge in [-0.3, -0.25) is 0 Å². The summed E-state index contributed by atoms with van der Waals surface area (Å²) in [4.78, 5) is 6.31. The average Bonchev–Trinajstić information content (AvgIpc) is 2.03. The molecule has 0 aromatic carbocycles. The third-order valence-electron chi connectivity index (χ3n) is 1.45. The molecule has 0 unspecified atom stereocenters. The summed E-state index contributed by atoms with van der Waals surface area (Å²) in [6.45, 7) is 1.64. The molecule has 88 valence electrons. The van der Waals surface area contributed by atoms with E-state index in [1.54, 1.807) is 6.92 Å². The topological polar surface area (TPSA) is 51.8 Å². The Hall–Kier alpha value is -0.590. The van der Waals surface area contributed by atoms with Gasteiger partial charge in [-0.15, -0.1) is 24.8 Å². The zero-order valence-corrected chi connectivity index (χ0v) is 9.29. The Morgan fingerprint density at radius 2 is 1.60 bits per heavy atom. The first-order chi connectivity index (χ1) is 5.91. The molecule has 0 radical (unpaired) electrons. The van der Waals surface area contributed by atoms with Crippen molar-refractivity contribution in [3.8, 4) is 0 Å². The Labute approximate surface area is 97.1 Å². The van der Waals surface area contributed by atoms with Gasteiger partial charge in [-0.05, 0) is 6.92 Å². The molecule has 8 heteroatoms. The highest BCUT2D eigenvalue weighted by Crippen LogP contribution is 2.25. The molecule has 0 fully saturated rings. The van der Waals surface area contributed by atoms with Crippen molar-refractivity contribution < 1.29 is 13.2 Å². The average molecular weight is 264 g/mol. The standard InChI is InChI=1S/C7H8F3N3.2ClH/c1-4(11)5-2-12-6(13-3-5)7(8,9)10;;/h2-4H,11H2,1H3;2*1H/t4-;;/m1../s1. The van der Waals surface area contributed by atoms with Crippen LogP contribution in [-0.4, -0.2) is 9.97 Å². The summed E-state index contributed by atoms with van der Waals surface area (Å²) in [5, 5.41) is 0. The lowest BCUT2D eigenvalue weighted by Crippen LogP contribution is -2.13. The minimum Gasteiger partial charge on any atom is -0.324 e. The molecule has 0 aliphatic carbocycles. The monoisotopic (exact) mass is 263 g/mol. The third-order valence-corrected chi connectivity index (χ3v) is 1.45. The fourth-order valence-electron chi connectivity index (χ4n) is 0.720. The van der Waals surface area contributed by atoms with Crippen molar-refractivity contribution in [2.24, 2.45) is 5.73 Å². The van der Waals surface area contributed by atoms with Gasteiger partial charge in [0.15, 0.2) is 0 Å². The van der Waals surface area contributed by atoms with Gasteiger partial charge in [0, 0.05) is 24.0 Å². The number of alkyl halides is 3. The maximum Gasteiger partial charge on any atom is 0.451 e. The van der Waals surface area contributed by atoms with Gasteiger partial charge in [-0.2, -0.15) is 13.2 Å².